The van der Waals surface area contributed by atoms with Gasteiger partial charge in [-0.1, -0.05) is 18.2 Å². The van der Waals surface area contributed by atoms with Gasteiger partial charge in [-0.05, 0) is 57.3 Å². The smallest absolute Gasteiger partial charge is 0.274 e. The number of benzene rings is 1. The van der Waals surface area contributed by atoms with Gasteiger partial charge in [0.1, 0.15) is 5.65 Å². The largest absolute Gasteiger partial charge is 0.368 e. The number of anilines is 1. The third-order valence-corrected chi connectivity index (χ3v) is 5.78. The van der Waals surface area contributed by atoms with E-state index in [2.05, 4.69) is 46.8 Å². The first-order valence-corrected chi connectivity index (χ1v) is 10.2. The Morgan fingerprint density at radius 1 is 1.03 bits per heavy atom. The number of rotatable bonds is 4. The number of amides is 1. The van der Waals surface area contributed by atoms with Gasteiger partial charge in [-0.3, -0.25) is 4.79 Å². The minimum absolute atomic E-state index is 0.0335. The van der Waals surface area contributed by atoms with Crippen LogP contribution in [0.25, 0.3) is 5.65 Å². The third kappa shape index (κ3) is 3.72. The molecule has 29 heavy (non-hydrogen) atoms. The van der Waals surface area contributed by atoms with E-state index in [-0.39, 0.29) is 5.91 Å². The average Bonchev–Trinajstić information content (AvgIpc) is 3.08. The SMILES string of the molecule is Cc1cccc(N2CCN(C(=O)c3nc4ccccn4c3CN(C)C)CC2)c1C. The van der Waals surface area contributed by atoms with Crippen LogP contribution in [-0.4, -0.2) is 65.4 Å². The first-order valence-electron chi connectivity index (χ1n) is 10.2. The molecular weight excluding hydrogens is 362 g/mol. The van der Waals surface area contributed by atoms with E-state index in [4.69, 9.17) is 0 Å². The summed E-state index contributed by atoms with van der Waals surface area (Å²) in [5, 5.41) is 0. The van der Waals surface area contributed by atoms with E-state index < -0.39 is 0 Å². The van der Waals surface area contributed by atoms with Crippen molar-refractivity contribution in [3.05, 3.63) is 65.1 Å². The van der Waals surface area contributed by atoms with Crippen molar-refractivity contribution in [2.75, 3.05) is 45.2 Å². The van der Waals surface area contributed by atoms with E-state index >= 15 is 0 Å². The molecule has 0 radical (unpaired) electrons. The lowest BCUT2D eigenvalue weighted by Gasteiger charge is -2.37. The molecule has 0 N–H and O–H groups in total. The van der Waals surface area contributed by atoms with Crippen LogP contribution in [0.5, 0.6) is 0 Å². The zero-order valence-electron chi connectivity index (χ0n) is 17.7. The number of fused-ring (bicyclic) bond motifs is 1. The fourth-order valence-corrected chi connectivity index (χ4v) is 4.05. The molecule has 6 nitrogen and oxygen atoms in total. The van der Waals surface area contributed by atoms with E-state index in [9.17, 15) is 4.79 Å². The number of pyridine rings is 1. The number of piperazine rings is 1. The summed E-state index contributed by atoms with van der Waals surface area (Å²) >= 11 is 0. The number of imidazole rings is 1. The molecule has 1 aliphatic heterocycles. The Kier molecular flexibility index (Phi) is 5.28. The highest BCUT2D eigenvalue weighted by atomic mass is 16.2. The van der Waals surface area contributed by atoms with Crippen molar-refractivity contribution in [2.24, 2.45) is 0 Å². The first kappa shape index (κ1) is 19.5. The zero-order chi connectivity index (χ0) is 20.5. The van der Waals surface area contributed by atoms with E-state index in [0.717, 1.165) is 24.4 Å². The van der Waals surface area contributed by atoms with Gasteiger partial charge in [0.05, 0.1) is 5.69 Å². The van der Waals surface area contributed by atoms with Crippen molar-refractivity contribution in [1.82, 2.24) is 19.2 Å². The molecule has 1 aromatic carbocycles. The summed E-state index contributed by atoms with van der Waals surface area (Å²) in [6.07, 6.45) is 1.98. The van der Waals surface area contributed by atoms with Gasteiger partial charge in [-0.25, -0.2) is 4.98 Å². The number of nitrogens with zero attached hydrogens (tertiary/aromatic N) is 5. The van der Waals surface area contributed by atoms with E-state index in [1.165, 1.54) is 16.8 Å². The van der Waals surface area contributed by atoms with Crippen molar-refractivity contribution in [3.8, 4) is 0 Å². The van der Waals surface area contributed by atoms with Gasteiger partial charge in [0.2, 0.25) is 0 Å². The maximum absolute atomic E-state index is 13.3. The minimum atomic E-state index is 0.0335. The standard InChI is InChI=1S/C23H29N5O/c1-17-8-7-9-19(18(17)2)26-12-14-27(15-13-26)23(29)22-20(16-25(3)4)28-11-6-5-10-21(28)24-22/h5-11H,12-16H2,1-4H3. The van der Waals surface area contributed by atoms with Crippen LogP contribution in [0.4, 0.5) is 5.69 Å². The molecule has 0 aliphatic carbocycles. The van der Waals surface area contributed by atoms with Crippen molar-refractivity contribution < 1.29 is 4.79 Å². The average molecular weight is 392 g/mol. The lowest BCUT2D eigenvalue weighted by Crippen LogP contribution is -2.49. The molecule has 4 rings (SSSR count). The maximum atomic E-state index is 13.3. The Morgan fingerprint density at radius 3 is 2.52 bits per heavy atom. The molecule has 0 unspecified atom stereocenters. The van der Waals surface area contributed by atoms with Crippen LogP contribution in [0.1, 0.15) is 27.3 Å². The van der Waals surface area contributed by atoms with Crippen LogP contribution in [-0.2, 0) is 6.54 Å². The third-order valence-electron chi connectivity index (χ3n) is 5.78. The highest BCUT2D eigenvalue weighted by Gasteiger charge is 2.27. The Balaban J connectivity index is 1.55. The minimum Gasteiger partial charge on any atom is -0.368 e. The van der Waals surface area contributed by atoms with Gasteiger partial charge in [-0.2, -0.15) is 0 Å². The summed E-state index contributed by atoms with van der Waals surface area (Å²) in [5.74, 6) is 0.0335. The van der Waals surface area contributed by atoms with Gasteiger partial charge in [0.15, 0.2) is 5.69 Å². The molecule has 1 saturated heterocycles. The molecule has 2 aromatic heterocycles. The molecule has 0 saturated carbocycles. The number of carbonyl (C=O) groups excluding carboxylic acids is 1. The maximum Gasteiger partial charge on any atom is 0.274 e. The molecule has 1 aliphatic rings. The topological polar surface area (TPSA) is 44.1 Å². The quantitative estimate of drug-likeness (QED) is 0.686. The number of hydrogen-bond donors (Lipinski definition) is 0. The van der Waals surface area contributed by atoms with E-state index in [1.54, 1.807) is 0 Å². The molecule has 3 heterocycles. The van der Waals surface area contributed by atoms with Crippen LogP contribution < -0.4 is 4.90 Å². The van der Waals surface area contributed by atoms with E-state index in [0.29, 0.717) is 25.3 Å². The highest BCUT2D eigenvalue weighted by Crippen LogP contribution is 2.24. The number of aromatic nitrogens is 2. The molecule has 1 fully saturated rings. The summed E-state index contributed by atoms with van der Waals surface area (Å²) in [5.41, 5.74) is 6.25. The van der Waals surface area contributed by atoms with Crippen molar-refractivity contribution in [2.45, 2.75) is 20.4 Å². The fraction of sp³-hybridized carbons (Fsp3) is 0.391. The van der Waals surface area contributed by atoms with Crippen LogP contribution in [0, 0.1) is 13.8 Å². The van der Waals surface area contributed by atoms with Gasteiger partial charge in [-0.15, -0.1) is 0 Å². The normalized spacial score (nSPS) is 14.8. The van der Waals surface area contributed by atoms with Crippen LogP contribution in [0.15, 0.2) is 42.6 Å². The molecule has 6 heteroatoms. The Hall–Kier alpha value is -2.86. The second-order valence-corrected chi connectivity index (χ2v) is 8.07. The van der Waals surface area contributed by atoms with Crippen molar-refractivity contribution >= 4 is 17.2 Å². The summed E-state index contributed by atoms with van der Waals surface area (Å²) < 4.78 is 2.03. The van der Waals surface area contributed by atoms with Crippen LogP contribution >= 0.6 is 0 Å². The molecule has 152 valence electrons. The lowest BCUT2D eigenvalue weighted by molar-refractivity contribution is 0.0739. The fourth-order valence-electron chi connectivity index (χ4n) is 4.05. The Morgan fingerprint density at radius 2 is 1.79 bits per heavy atom. The predicted molar refractivity (Wildman–Crippen MR) is 117 cm³/mol. The molecule has 3 aromatic rings. The van der Waals surface area contributed by atoms with Gasteiger partial charge in [0.25, 0.3) is 5.91 Å². The van der Waals surface area contributed by atoms with Crippen molar-refractivity contribution in [1.29, 1.82) is 0 Å². The first-order chi connectivity index (χ1) is 14.0. The second kappa shape index (κ2) is 7.87. The highest BCUT2D eigenvalue weighted by molar-refractivity contribution is 5.94. The second-order valence-electron chi connectivity index (χ2n) is 8.07. The number of aryl methyl sites for hydroxylation is 1. The monoisotopic (exact) mass is 391 g/mol. The molecule has 1 amide bonds. The van der Waals surface area contributed by atoms with E-state index in [1.807, 2.05) is 47.8 Å². The van der Waals surface area contributed by atoms with Gasteiger partial charge in [0, 0.05) is 44.6 Å². The lowest BCUT2D eigenvalue weighted by atomic mass is 10.1. The predicted octanol–water partition coefficient (Wildman–Crippen LogP) is 2.98. The van der Waals surface area contributed by atoms with Gasteiger partial charge >= 0.3 is 0 Å². The number of carbonyl (C=O) groups is 1. The summed E-state index contributed by atoms with van der Waals surface area (Å²) in [6.45, 7) is 8.09. The number of hydrogen-bond acceptors (Lipinski definition) is 4. The zero-order valence-corrected chi connectivity index (χ0v) is 17.7. The van der Waals surface area contributed by atoms with Gasteiger partial charge < -0.3 is 19.1 Å². The van der Waals surface area contributed by atoms with Crippen LogP contribution in [0.2, 0.25) is 0 Å². The summed E-state index contributed by atoms with van der Waals surface area (Å²) in [6, 6.07) is 12.3. The molecule has 0 atom stereocenters. The van der Waals surface area contributed by atoms with Crippen LogP contribution in [0.3, 0.4) is 0 Å². The molecular formula is C23H29N5O. The molecule has 0 bridgehead atoms. The van der Waals surface area contributed by atoms with Crippen molar-refractivity contribution in [3.63, 3.8) is 0 Å². The Bertz CT molecular complexity index is 1030. The Labute approximate surface area is 172 Å². The summed E-state index contributed by atoms with van der Waals surface area (Å²) in [4.78, 5) is 24.4. The molecule has 0 spiro atoms. The summed E-state index contributed by atoms with van der Waals surface area (Å²) in [7, 11) is 4.03.